The Morgan fingerprint density at radius 2 is 1.85 bits per heavy atom. The Hall–Kier alpha value is -2.87. The van der Waals surface area contributed by atoms with Gasteiger partial charge in [-0.2, -0.15) is 18.3 Å². The van der Waals surface area contributed by atoms with Crippen molar-refractivity contribution in [3.63, 3.8) is 0 Å². The zero-order valence-electron chi connectivity index (χ0n) is 13.7. The molecule has 1 N–H and O–H groups in total. The van der Waals surface area contributed by atoms with Crippen LogP contribution in [0.3, 0.4) is 0 Å². The van der Waals surface area contributed by atoms with Gasteiger partial charge in [0.05, 0.1) is 25.2 Å². The molecule has 0 bridgehead atoms. The van der Waals surface area contributed by atoms with Crippen LogP contribution in [0, 0.1) is 0 Å². The monoisotopic (exact) mass is 364 g/mol. The molecule has 0 radical (unpaired) electrons. The Morgan fingerprint density at radius 1 is 1.15 bits per heavy atom. The second-order valence-electron chi connectivity index (χ2n) is 5.71. The summed E-state index contributed by atoms with van der Waals surface area (Å²) in [6, 6.07) is 10.9. The topological polar surface area (TPSA) is 64.3 Å². The van der Waals surface area contributed by atoms with Crippen LogP contribution in [0.25, 0.3) is 10.8 Å². The van der Waals surface area contributed by atoms with Crippen LogP contribution in [0.2, 0.25) is 0 Å². The number of halogens is 3. The van der Waals surface area contributed by atoms with E-state index in [9.17, 15) is 23.1 Å². The number of ether oxygens (including phenoxy) is 1. The molecule has 3 rings (SSSR count). The van der Waals surface area contributed by atoms with Crippen molar-refractivity contribution < 1.29 is 23.0 Å². The van der Waals surface area contributed by atoms with Gasteiger partial charge >= 0.3 is 6.18 Å². The fraction of sp³-hybridized carbons (Fsp3) is 0.222. The molecule has 1 unspecified atom stereocenters. The van der Waals surface area contributed by atoms with Crippen molar-refractivity contribution >= 4 is 10.8 Å². The summed E-state index contributed by atoms with van der Waals surface area (Å²) in [5, 5.41) is 13.5. The number of aliphatic hydroxyl groups excluding tert-OH is 1. The number of rotatable bonds is 4. The number of aliphatic hydroxyl groups is 1. The van der Waals surface area contributed by atoms with Crippen LogP contribution < -0.4 is 10.3 Å². The fourth-order valence-corrected chi connectivity index (χ4v) is 2.66. The molecule has 1 aromatic heterocycles. The SMILES string of the molecule is COc1ccc(Cn2ncc3c(C(O)C(F)(F)F)cccc3c2=O)cc1. The van der Waals surface area contributed by atoms with Gasteiger partial charge in [-0.05, 0) is 29.3 Å². The van der Waals surface area contributed by atoms with Crippen LogP contribution in [-0.2, 0) is 6.54 Å². The standard InChI is InChI=1S/C18H15F3N2O3/c1-26-12-7-5-11(6-8-12)10-23-17(25)14-4-2-3-13(15(14)9-22-23)16(24)18(19,20)21/h2-9,16,24H,10H2,1H3. The van der Waals surface area contributed by atoms with E-state index in [0.717, 1.165) is 16.3 Å². The Labute approximate surface area is 146 Å². The predicted molar refractivity (Wildman–Crippen MR) is 89.1 cm³/mol. The third-order valence-corrected chi connectivity index (χ3v) is 4.03. The molecule has 2 aromatic carbocycles. The zero-order valence-corrected chi connectivity index (χ0v) is 13.7. The summed E-state index contributed by atoms with van der Waals surface area (Å²) in [5.74, 6) is 0.665. The van der Waals surface area contributed by atoms with Gasteiger partial charge in [-0.3, -0.25) is 4.79 Å². The van der Waals surface area contributed by atoms with Gasteiger partial charge in [0.2, 0.25) is 0 Å². The van der Waals surface area contributed by atoms with Crippen molar-refractivity contribution in [2.45, 2.75) is 18.8 Å². The molecule has 5 nitrogen and oxygen atoms in total. The van der Waals surface area contributed by atoms with Gasteiger partial charge in [-0.25, -0.2) is 4.68 Å². The minimum Gasteiger partial charge on any atom is -0.497 e. The van der Waals surface area contributed by atoms with Gasteiger partial charge in [-0.15, -0.1) is 0 Å². The van der Waals surface area contributed by atoms with Gasteiger partial charge in [0.15, 0.2) is 6.10 Å². The highest BCUT2D eigenvalue weighted by atomic mass is 19.4. The summed E-state index contributed by atoms with van der Waals surface area (Å²) in [5.41, 5.74) is -0.142. The Bertz CT molecular complexity index is 982. The first-order chi connectivity index (χ1) is 12.3. The second kappa shape index (κ2) is 6.80. The summed E-state index contributed by atoms with van der Waals surface area (Å²) in [6.45, 7) is 0.158. The molecule has 0 amide bonds. The lowest BCUT2D eigenvalue weighted by molar-refractivity contribution is -0.206. The van der Waals surface area contributed by atoms with E-state index in [4.69, 9.17) is 4.74 Å². The smallest absolute Gasteiger partial charge is 0.418 e. The van der Waals surface area contributed by atoms with Crippen LogP contribution in [0.15, 0.2) is 53.5 Å². The number of benzene rings is 2. The van der Waals surface area contributed by atoms with E-state index < -0.39 is 23.4 Å². The second-order valence-corrected chi connectivity index (χ2v) is 5.71. The van der Waals surface area contributed by atoms with Crippen LogP contribution in [0.1, 0.15) is 17.2 Å². The van der Waals surface area contributed by atoms with Gasteiger partial charge in [0, 0.05) is 5.39 Å². The number of nitrogens with zero attached hydrogens (tertiary/aromatic N) is 2. The van der Waals surface area contributed by atoms with Crippen molar-refractivity contribution in [2.75, 3.05) is 7.11 Å². The Kier molecular flexibility index (Phi) is 4.69. The number of fused-ring (bicyclic) bond motifs is 1. The van der Waals surface area contributed by atoms with Crippen LogP contribution in [-0.4, -0.2) is 28.2 Å². The molecule has 1 heterocycles. The predicted octanol–water partition coefficient (Wildman–Crippen LogP) is 3.05. The summed E-state index contributed by atoms with van der Waals surface area (Å²) < 4.78 is 44.7. The van der Waals surface area contributed by atoms with Crippen molar-refractivity contribution in [2.24, 2.45) is 0 Å². The normalized spacial score (nSPS) is 13.0. The van der Waals surface area contributed by atoms with E-state index in [1.54, 1.807) is 24.3 Å². The first kappa shape index (κ1) is 17.9. The maximum Gasteiger partial charge on any atom is 0.418 e. The minimum absolute atomic E-state index is 0.0201. The average Bonchev–Trinajstić information content (AvgIpc) is 2.63. The number of hydrogen-bond acceptors (Lipinski definition) is 4. The quantitative estimate of drug-likeness (QED) is 0.773. The van der Waals surface area contributed by atoms with E-state index in [1.165, 1.54) is 25.4 Å². The summed E-state index contributed by atoms with van der Waals surface area (Å²) in [6.07, 6.45) is -6.33. The molecule has 3 aromatic rings. The first-order valence-electron chi connectivity index (χ1n) is 7.67. The number of methoxy groups -OCH3 is 1. The molecule has 0 aliphatic heterocycles. The zero-order chi connectivity index (χ0) is 18.9. The van der Waals surface area contributed by atoms with Crippen molar-refractivity contribution in [3.05, 3.63) is 70.1 Å². The number of hydrogen-bond donors (Lipinski definition) is 1. The molecule has 0 aliphatic carbocycles. The molecule has 0 aliphatic rings. The molecule has 8 heteroatoms. The molecular formula is C18H15F3N2O3. The molecule has 0 saturated heterocycles. The van der Waals surface area contributed by atoms with Crippen LogP contribution in [0.5, 0.6) is 5.75 Å². The molecule has 136 valence electrons. The lowest BCUT2D eigenvalue weighted by atomic mass is 10.0. The number of alkyl halides is 3. The highest BCUT2D eigenvalue weighted by Gasteiger charge is 2.40. The minimum atomic E-state index is -4.83. The maximum absolute atomic E-state index is 12.8. The largest absolute Gasteiger partial charge is 0.497 e. The highest BCUT2D eigenvalue weighted by Crippen LogP contribution is 2.35. The molecule has 1 atom stereocenters. The van der Waals surface area contributed by atoms with E-state index in [2.05, 4.69) is 5.10 Å². The van der Waals surface area contributed by atoms with Gasteiger partial charge in [0.1, 0.15) is 5.75 Å². The van der Waals surface area contributed by atoms with E-state index in [1.807, 2.05) is 0 Å². The lowest BCUT2D eigenvalue weighted by Gasteiger charge is -2.17. The van der Waals surface area contributed by atoms with E-state index >= 15 is 0 Å². The van der Waals surface area contributed by atoms with Crippen molar-refractivity contribution in [1.82, 2.24) is 9.78 Å². The van der Waals surface area contributed by atoms with Gasteiger partial charge in [-0.1, -0.05) is 24.3 Å². The summed E-state index contributed by atoms with van der Waals surface area (Å²) in [4.78, 5) is 12.6. The molecule has 0 fully saturated rings. The molecule has 0 spiro atoms. The third-order valence-electron chi connectivity index (χ3n) is 4.03. The fourth-order valence-electron chi connectivity index (χ4n) is 2.66. The van der Waals surface area contributed by atoms with Crippen molar-refractivity contribution in [3.8, 4) is 5.75 Å². The summed E-state index contributed by atoms with van der Waals surface area (Å²) in [7, 11) is 1.54. The van der Waals surface area contributed by atoms with Gasteiger partial charge in [0.25, 0.3) is 5.56 Å². The van der Waals surface area contributed by atoms with Crippen molar-refractivity contribution in [1.29, 1.82) is 0 Å². The third kappa shape index (κ3) is 3.41. The number of aromatic nitrogens is 2. The maximum atomic E-state index is 12.8. The molecule has 26 heavy (non-hydrogen) atoms. The van der Waals surface area contributed by atoms with E-state index in [0.29, 0.717) is 5.75 Å². The molecule has 0 saturated carbocycles. The molecular weight excluding hydrogens is 349 g/mol. The first-order valence-corrected chi connectivity index (χ1v) is 7.67. The summed E-state index contributed by atoms with van der Waals surface area (Å²) >= 11 is 0. The Balaban J connectivity index is 2.02. The van der Waals surface area contributed by atoms with E-state index in [-0.39, 0.29) is 17.3 Å². The lowest BCUT2D eigenvalue weighted by Crippen LogP contribution is -2.25. The van der Waals surface area contributed by atoms with Crippen LogP contribution in [0.4, 0.5) is 13.2 Å². The highest BCUT2D eigenvalue weighted by molar-refractivity contribution is 5.84. The average molecular weight is 364 g/mol. The van der Waals surface area contributed by atoms with Gasteiger partial charge < -0.3 is 9.84 Å². The van der Waals surface area contributed by atoms with Crippen LogP contribution >= 0.6 is 0 Å². The Morgan fingerprint density at radius 3 is 2.46 bits per heavy atom.